The van der Waals surface area contributed by atoms with Crippen molar-refractivity contribution >= 4 is 28.4 Å². The number of halogens is 1. The van der Waals surface area contributed by atoms with Crippen LogP contribution in [0.5, 0.6) is 0 Å². The molecular formula is C23H30FN7O. The number of anilines is 2. The fraction of sp³-hybridized carbons (Fsp3) is 0.478. The van der Waals surface area contributed by atoms with Gasteiger partial charge in [0.1, 0.15) is 11.5 Å². The Kier molecular flexibility index (Phi) is 5.85. The first-order chi connectivity index (χ1) is 15.1. The van der Waals surface area contributed by atoms with Gasteiger partial charge in [0.2, 0.25) is 5.91 Å². The molecule has 0 aliphatic carbocycles. The van der Waals surface area contributed by atoms with E-state index in [1.54, 1.807) is 35.1 Å². The molecule has 3 aromatic heterocycles. The number of nitrogens with zero attached hydrogens (tertiary/aromatic N) is 5. The van der Waals surface area contributed by atoms with E-state index in [9.17, 15) is 9.18 Å². The van der Waals surface area contributed by atoms with Gasteiger partial charge in [0, 0.05) is 44.4 Å². The predicted molar refractivity (Wildman–Crippen MR) is 124 cm³/mol. The third kappa shape index (κ3) is 4.57. The fourth-order valence-corrected chi connectivity index (χ4v) is 4.08. The monoisotopic (exact) mass is 439 g/mol. The Labute approximate surface area is 187 Å². The Hall–Kier alpha value is -3.07. The van der Waals surface area contributed by atoms with Gasteiger partial charge in [-0.3, -0.25) is 4.79 Å². The maximum absolute atomic E-state index is 14.6. The molecule has 9 heteroatoms. The van der Waals surface area contributed by atoms with Crippen molar-refractivity contribution in [2.24, 2.45) is 0 Å². The molecule has 0 saturated carbocycles. The quantitative estimate of drug-likeness (QED) is 0.611. The summed E-state index contributed by atoms with van der Waals surface area (Å²) >= 11 is 0. The van der Waals surface area contributed by atoms with E-state index in [1.807, 2.05) is 0 Å². The number of pyridine rings is 2. The smallest absolute Gasteiger partial charge is 0.222 e. The minimum atomic E-state index is -1.57. The van der Waals surface area contributed by atoms with Gasteiger partial charge in [-0.15, -0.1) is 5.10 Å². The molecule has 1 aliphatic heterocycles. The lowest BCUT2D eigenvalue weighted by molar-refractivity contribution is -0.114. The summed E-state index contributed by atoms with van der Waals surface area (Å²) in [5, 5.41) is 12.0. The van der Waals surface area contributed by atoms with Crippen molar-refractivity contribution < 1.29 is 9.18 Å². The summed E-state index contributed by atoms with van der Waals surface area (Å²) < 4.78 is 16.3. The van der Waals surface area contributed by atoms with Gasteiger partial charge in [0.25, 0.3) is 0 Å². The summed E-state index contributed by atoms with van der Waals surface area (Å²) in [5.41, 5.74) is -0.492. The summed E-state index contributed by atoms with van der Waals surface area (Å²) in [4.78, 5) is 22.7. The summed E-state index contributed by atoms with van der Waals surface area (Å²) in [6.07, 6.45) is 2.75. The standard InChI is InChI=1S/C23H30FN7O/c1-14(2)26-16-9-10-30(13-16)22-17-12-25-20(27-15(3)32)11-18(17)31(29-22)21-8-6-7-19(28-21)23(4,5)24/h6-8,11-12,14,16,26H,9-10,13H2,1-5H3,(H,25,27,32)/t16-/m1/s1. The molecule has 1 aliphatic rings. The number of amides is 1. The van der Waals surface area contributed by atoms with E-state index in [4.69, 9.17) is 5.10 Å². The molecular weight excluding hydrogens is 409 g/mol. The van der Waals surface area contributed by atoms with Gasteiger partial charge in [0.05, 0.1) is 16.6 Å². The number of hydrogen-bond donors (Lipinski definition) is 2. The van der Waals surface area contributed by atoms with Gasteiger partial charge in [-0.25, -0.2) is 19.0 Å². The van der Waals surface area contributed by atoms with Crippen LogP contribution in [-0.4, -0.2) is 50.8 Å². The first-order valence-electron chi connectivity index (χ1n) is 11.0. The third-order valence-electron chi connectivity index (χ3n) is 5.47. The molecule has 1 saturated heterocycles. The van der Waals surface area contributed by atoms with Gasteiger partial charge in [-0.1, -0.05) is 19.9 Å². The van der Waals surface area contributed by atoms with E-state index >= 15 is 0 Å². The molecule has 1 atom stereocenters. The van der Waals surface area contributed by atoms with Gasteiger partial charge in [0.15, 0.2) is 11.6 Å². The number of aromatic nitrogens is 4. The van der Waals surface area contributed by atoms with E-state index in [1.165, 1.54) is 20.8 Å². The zero-order chi connectivity index (χ0) is 23.0. The number of fused-ring (bicyclic) bond motifs is 1. The zero-order valence-corrected chi connectivity index (χ0v) is 19.2. The normalized spacial score (nSPS) is 16.8. The first-order valence-corrected chi connectivity index (χ1v) is 11.0. The largest absolute Gasteiger partial charge is 0.353 e. The number of alkyl halides is 1. The molecule has 4 heterocycles. The van der Waals surface area contributed by atoms with Crippen LogP contribution in [0.25, 0.3) is 16.7 Å². The molecule has 8 nitrogen and oxygen atoms in total. The Bertz CT molecular complexity index is 1140. The fourth-order valence-electron chi connectivity index (χ4n) is 4.08. The van der Waals surface area contributed by atoms with Crippen molar-refractivity contribution in [3.05, 3.63) is 36.2 Å². The Morgan fingerprint density at radius 2 is 2.09 bits per heavy atom. The molecule has 32 heavy (non-hydrogen) atoms. The SMILES string of the molecule is CC(=O)Nc1cc2c(cn1)c(N1CC[C@@H](NC(C)C)C1)nn2-c1cccc(C(C)(C)F)n1. The van der Waals surface area contributed by atoms with Crippen LogP contribution in [0.4, 0.5) is 16.0 Å². The van der Waals surface area contributed by atoms with Crippen molar-refractivity contribution in [1.82, 2.24) is 25.1 Å². The average molecular weight is 440 g/mol. The van der Waals surface area contributed by atoms with Crippen LogP contribution in [-0.2, 0) is 10.5 Å². The summed E-state index contributed by atoms with van der Waals surface area (Å²) in [6.45, 7) is 10.4. The number of carbonyl (C=O) groups is 1. The van der Waals surface area contributed by atoms with Crippen LogP contribution in [0.2, 0.25) is 0 Å². The maximum Gasteiger partial charge on any atom is 0.222 e. The zero-order valence-electron chi connectivity index (χ0n) is 19.2. The topological polar surface area (TPSA) is 88.0 Å². The lowest BCUT2D eigenvalue weighted by atomic mass is 10.1. The molecule has 0 unspecified atom stereocenters. The molecule has 3 aromatic rings. The average Bonchev–Trinajstić information content (AvgIpc) is 3.30. The Morgan fingerprint density at radius 1 is 1.31 bits per heavy atom. The highest BCUT2D eigenvalue weighted by Gasteiger charge is 2.28. The van der Waals surface area contributed by atoms with Crippen molar-refractivity contribution in [2.75, 3.05) is 23.3 Å². The van der Waals surface area contributed by atoms with Gasteiger partial charge in [-0.05, 0) is 32.4 Å². The third-order valence-corrected chi connectivity index (χ3v) is 5.47. The first kappa shape index (κ1) is 22.1. The minimum Gasteiger partial charge on any atom is -0.353 e. The number of carbonyl (C=O) groups excluding carboxylic acids is 1. The molecule has 0 aromatic carbocycles. The van der Waals surface area contributed by atoms with Crippen molar-refractivity contribution in [3.8, 4) is 5.82 Å². The molecule has 1 fully saturated rings. The van der Waals surface area contributed by atoms with Crippen molar-refractivity contribution in [2.45, 2.75) is 58.8 Å². The number of rotatable bonds is 6. The number of hydrogen-bond acceptors (Lipinski definition) is 6. The Balaban J connectivity index is 1.80. The molecule has 2 N–H and O–H groups in total. The molecule has 1 amide bonds. The lowest BCUT2D eigenvalue weighted by Crippen LogP contribution is -2.37. The van der Waals surface area contributed by atoms with Crippen LogP contribution < -0.4 is 15.5 Å². The summed E-state index contributed by atoms with van der Waals surface area (Å²) in [6, 6.07) is 7.82. The van der Waals surface area contributed by atoms with Crippen LogP contribution in [0.1, 0.15) is 46.7 Å². The van der Waals surface area contributed by atoms with Crippen LogP contribution in [0.15, 0.2) is 30.5 Å². The van der Waals surface area contributed by atoms with E-state index in [0.29, 0.717) is 29.4 Å². The minimum absolute atomic E-state index is 0.204. The Morgan fingerprint density at radius 3 is 2.78 bits per heavy atom. The highest BCUT2D eigenvalue weighted by Crippen LogP contribution is 2.32. The summed E-state index contributed by atoms with van der Waals surface area (Å²) in [7, 11) is 0. The second-order valence-corrected chi connectivity index (χ2v) is 9.11. The molecule has 0 radical (unpaired) electrons. The molecule has 0 bridgehead atoms. The van der Waals surface area contributed by atoms with Gasteiger partial charge < -0.3 is 15.5 Å². The van der Waals surface area contributed by atoms with Gasteiger partial charge in [-0.2, -0.15) is 0 Å². The van der Waals surface area contributed by atoms with Crippen LogP contribution >= 0.6 is 0 Å². The molecule has 4 rings (SSSR count). The summed E-state index contributed by atoms with van der Waals surface area (Å²) in [5.74, 6) is 1.55. The number of nitrogens with one attached hydrogen (secondary N) is 2. The predicted octanol–water partition coefficient (Wildman–Crippen LogP) is 3.56. The van der Waals surface area contributed by atoms with Crippen molar-refractivity contribution in [1.29, 1.82) is 0 Å². The second-order valence-electron chi connectivity index (χ2n) is 9.11. The van der Waals surface area contributed by atoms with Crippen LogP contribution in [0.3, 0.4) is 0 Å². The maximum atomic E-state index is 14.6. The van der Waals surface area contributed by atoms with E-state index in [0.717, 1.165) is 36.2 Å². The second kappa shape index (κ2) is 8.46. The molecule has 170 valence electrons. The van der Waals surface area contributed by atoms with Crippen molar-refractivity contribution in [3.63, 3.8) is 0 Å². The van der Waals surface area contributed by atoms with E-state index in [2.05, 4.69) is 39.3 Å². The molecule has 0 spiro atoms. The lowest BCUT2D eigenvalue weighted by Gasteiger charge is -2.18. The van der Waals surface area contributed by atoms with Gasteiger partial charge >= 0.3 is 0 Å². The highest BCUT2D eigenvalue weighted by atomic mass is 19.1. The van der Waals surface area contributed by atoms with E-state index in [-0.39, 0.29) is 5.91 Å². The van der Waals surface area contributed by atoms with E-state index < -0.39 is 5.67 Å². The van der Waals surface area contributed by atoms with Crippen LogP contribution in [0, 0.1) is 0 Å². The highest BCUT2D eigenvalue weighted by molar-refractivity contribution is 5.95.